The number of esters is 2. The summed E-state index contributed by atoms with van der Waals surface area (Å²) in [6.07, 6.45) is 7.65. The first-order valence-corrected chi connectivity index (χ1v) is 19.8. The predicted molar refractivity (Wildman–Crippen MR) is 219 cm³/mol. The number of aliphatic hydroxyl groups is 3. The molecule has 0 bridgehead atoms. The minimum absolute atomic E-state index is 0. The zero-order valence-electron chi connectivity index (χ0n) is 36.8. The van der Waals surface area contributed by atoms with Crippen LogP contribution in [0, 0.1) is 23.7 Å². The van der Waals surface area contributed by atoms with Crippen LogP contribution in [-0.2, 0) is 38.1 Å². The molecule has 0 aliphatic carbocycles. The van der Waals surface area contributed by atoms with Gasteiger partial charge in [-0.2, -0.15) is 0 Å². The third-order valence-corrected chi connectivity index (χ3v) is 8.90. The molecule has 7 N–H and O–H groups in total. The number of rotatable bonds is 15. The Balaban J connectivity index is -0.000000252. The monoisotopic (exact) mass is 820 g/mol. The zero-order chi connectivity index (χ0) is 41.9. The van der Waals surface area contributed by atoms with E-state index in [1.54, 1.807) is 27.9 Å². The smallest absolute Gasteiger partial charge is 0.321 e. The molecule has 0 amide bonds. The van der Waals surface area contributed by atoms with Crippen molar-refractivity contribution < 1.29 is 64.3 Å². The lowest BCUT2D eigenvalue weighted by Gasteiger charge is -2.34. The van der Waals surface area contributed by atoms with Crippen molar-refractivity contribution in [1.29, 1.82) is 0 Å². The van der Waals surface area contributed by atoms with Gasteiger partial charge in [0.05, 0.1) is 18.1 Å². The van der Waals surface area contributed by atoms with Gasteiger partial charge in [0.2, 0.25) is 0 Å². The van der Waals surface area contributed by atoms with Crippen LogP contribution in [0.25, 0.3) is 0 Å². The van der Waals surface area contributed by atoms with Crippen molar-refractivity contribution >= 4 is 29.3 Å². The predicted octanol–water partition coefficient (Wildman–Crippen LogP) is 4.89. The van der Waals surface area contributed by atoms with Gasteiger partial charge in [-0.3, -0.25) is 14.4 Å². The molecule has 55 heavy (non-hydrogen) atoms. The molecule has 0 spiro atoms. The fourth-order valence-corrected chi connectivity index (χ4v) is 6.08. The zero-order valence-corrected chi connectivity index (χ0v) is 37.5. The van der Waals surface area contributed by atoms with Crippen molar-refractivity contribution in [1.82, 2.24) is 4.90 Å². The van der Waals surface area contributed by atoms with E-state index in [1.807, 2.05) is 55.6 Å². The molecular formula is C40H82ClNO13. The van der Waals surface area contributed by atoms with Crippen molar-refractivity contribution in [2.75, 3.05) is 47.4 Å². The molecule has 14 nitrogen and oxygen atoms in total. The standard InChI is InChI=1S/C21H35ClO6.C8H17NO2.C8H16O2.C2H6.CH4O.2H2O/c1-7-8-15(3)19(25)17(5)10-21(6,28-18(24)11-22)13-27-20(26)16(4)9-14(2)12-23;1-6-4-7(9(2)3)5-8(10)11-6;1-6-4-7(2)10-8(5-6)9-3;2*1-2;;/h10,14-16,23H,7-9,11-13H2,1-6H3;6-8,10H,4-5H2,1-3H3;6-8H,4-5H2,1-3H3;1-2H3;2H,1H3;2*1H2/b17-10+;;;;;;/t14-,15+,16?,21-;;6?,7?,8-;;;;/m0.1..../s1. The molecule has 2 rings (SSSR count). The van der Waals surface area contributed by atoms with Gasteiger partial charge >= 0.3 is 11.9 Å². The number of Topliss-reactive ketones (excluding diaryl/α,β-unsaturated/α-hetero) is 1. The molecular weight excluding hydrogens is 738 g/mol. The third kappa shape index (κ3) is 29.2. The number of ether oxygens (including phenoxy) is 5. The maximum absolute atomic E-state index is 12.5. The highest BCUT2D eigenvalue weighted by Crippen LogP contribution is 2.25. The molecule has 332 valence electrons. The molecule has 0 aromatic carbocycles. The average Bonchev–Trinajstić information content (AvgIpc) is 3.11. The van der Waals surface area contributed by atoms with E-state index < -0.39 is 29.7 Å². The van der Waals surface area contributed by atoms with E-state index >= 15 is 0 Å². The summed E-state index contributed by atoms with van der Waals surface area (Å²) < 4.78 is 26.5. The van der Waals surface area contributed by atoms with Crippen molar-refractivity contribution in [2.45, 2.75) is 158 Å². The SMILES string of the molecule is CC.CC1CC(N(C)C)CC(O)O1.CCC[C@@H](C)C(=O)/C(C)=C/[C@@](C)(COC(=O)C(C)C[C@H](C)CO)OC(=O)CCl.CO.CO[C@H]1CC(C)CC(C)O1.O.O. The molecule has 2 saturated heterocycles. The summed E-state index contributed by atoms with van der Waals surface area (Å²) in [5, 5.41) is 25.4. The second-order valence-electron chi connectivity index (χ2n) is 14.5. The largest absolute Gasteiger partial charge is 0.461 e. The highest BCUT2D eigenvalue weighted by Gasteiger charge is 2.31. The Morgan fingerprint density at radius 2 is 1.51 bits per heavy atom. The van der Waals surface area contributed by atoms with E-state index in [2.05, 4.69) is 18.7 Å². The molecule has 2 aliphatic heterocycles. The molecule has 2 heterocycles. The lowest BCUT2D eigenvalue weighted by atomic mass is 9.93. The van der Waals surface area contributed by atoms with Crippen molar-refractivity contribution in [2.24, 2.45) is 23.7 Å². The van der Waals surface area contributed by atoms with E-state index in [9.17, 15) is 19.5 Å². The Morgan fingerprint density at radius 3 is 1.95 bits per heavy atom. The number of methoxy groups -OCH3 is 1. The Bertz CT molecular complexity index is 982. The Labute approximate surface area is 338 Å². The van der Waals surface area contributed by atoms with Crippen molar-refractivity contribution in [3.63, 3.8) is 0 Å². The van der Waals surface area contributed by atoms with Crippen LogP contribution in [0.2, 0.25) is 0 Å². The molecule has 0 aromatic rings. The van der Waals surface area contributed by atoms with E-state index in [0.29, 0.717) is 24.1 Å². The number of hydrogen-bond acceptors (Lipinski definition) is 12. The van der Waals surface area contributed by atoms with Crippen LogP contribution >= 0.6 is 11.6 Å². The number of hydrogen-bond donors (Lipinski definition) is 3. The van der Waals surface area contributed by atoms with Crippen molar-refractivity contribution in [3.8, 4) is 0 Å². The second kappa shape index (κ2) is 35.4. The van der Waals surface area contributed by atoms with Crippen LogP contribution in [0.15, 0.2) is 11.6 Å². The number of ketones is 1. The lowest BCUT2D eigenvalue weighted by molar-refractivity contribution is -0.186. The molecule has 0 aromatic heterocycles. The highest BCUT2D eigenvalue weighted by atomic mass is 35.5. The Kier molecular flexibility index (Phi) is 40.3. The Hall–Kier alpha value is -1.72. The fraction of sp³-hybridized carbons (Fsp3) is 0.875. The molecule has 0 saturated carbocycles. The number of carbonyl (C=O) groups excluding carboxylic acids is 3. The minimum atomic E-state index is -1.30. The van der Waals surface area contributed by atoms with Gasteiger partial charge in [-0.05, 0) is 91.0 Å². The third-order valence-electron chi connectivity index (χ3n) is 8.68. The number of carbonyl (C=O) groups is 3. The first-order valence-electron chi connectivity index (χ1n) is 19.2. The quantitative estimate of drug-likeness (QED) is 0.114. The summed E-state index contributed by atoms with van der Waals surface area (Å²) in [5.41, 5.74) is -0.848. The van der Waals surface area contributed by atoms with E-state index in [4.69, 9.17) is 45.5 Å². The van der Waals surface area contributed by atoms with E-state index in [0.717, 1.165) is 45.1 Å². The van der Waals surface area contributed by atoms with E-state index in [1.165, 1.54) is 12.5 Å². The van der Waals surface area contributed by atoms with Gasteiger partial charge in [0, 0.05) is 45.6 Å². The second-order valence-corrected chi connectivity index (χ2v) is 14.8. The van der Waals surface area contributed by atoms with Crippen LogP contribution in [0.3, 0.4) is 0 Å². The molecule has 15 heteroatoms. The maximum atomic E-state index is 12.5. The fourth-order valence-electron chi connectivity index (χ4n) is 6.03. The first kappa shape index (κ1) is 62.5. The number of alkyl halides is 1. The van der Waals surface area contributed by atoms with Gasteiger partial charge in [-0.15, -0.1) is 11.6 Å². The van der Waals surface area contributed by atoms with Crippen molar-refractivity contribution in [3.05, 3.63) is 11.6 Å². The van der Waals surface area contributed by atoms with Crippen LogP contribution in [0.1, 0.15) is 121 Å². The topological polar surface area (TPSA) is 224 Å². The summed E-state index contributed by atoms with van der Waals surface area (Å²) in [4.78, 5) is 38.6. The van der Waals surface area contributed by atoms with Gasteiger partial charge in [0.25, 0.3) is 0 Å². The molecule has 2 aliphatic rings. The molecule has 6 unspecified atom stereocenters. The van der Waals surface area contributed by atoms with Gasteiger partial charge in [-0.1, -0.05) is 54.9 Å². The lowest BCUT2D eigenvalue weighted by Crippen LogP contribution is -2.41. The van der Waals surface area contributed by atoms with Crippen LogP contribution in [-0.4, -0.2) is 133 Å². The summed E-state index contributed by atoms with van der Waals surface area (Å²) in [5.74, 6) is -1.34. The van der Waals surface area contributed by atoms with Gasteiger partial charge in [-0.25, -0.2) is 0 Å². The van der Waals surface area contributed by atoms with Crippen LogP contribution in [0.5, 0.6) is 0 Å². The van der Waals surface area contributed by atoms with Gasteiger partial charge < -0.3 is 54.9 Å². The first-order chi connectivity index (χ1) is 24.8. The molecule has 10 atom stereocenters. The maximum Gasteiger partial charge on any atom is 0.321 e. The number of aliphatic hydroxyl groups excluding tert-OH is 3. The summed E-state index contributed by atoms with van der Waals surface area (Å²) >= 11 is 5.54. The highest BCUT2D eigenvalue weighted by molar-refractivity contribution is 6.26. The van der Waals surface area contributed by atoms with Crippen LogP contribution < -0.4 is 0 Å². The molecule has 0 radical (unpaired) electrons. The van der Waals surface area contributed by atoms with Gasteiger partial charge in [0.15, 0.2) is 24.0 Å². The minimum Gasteiger partial charge on any atom is -0.461 e. The molecule has 2 fully saturated rings. The average molecular weight is 821 g/mol. The van der Waals surface area contributed by atoms with E-state index in [-0.39, 0.29) is 60.1 Å². The summed E-state index contributed by atoms with van der Waals surface area (Å²) in [6.45, 7) is 20.8. The Morgan fingerprint density at radius 1 is 0.964 bits per heavy atom. The summed E-state index contributed by atoms with van der Waals surface area (Å²) in [7, 11) is 6.78. The van der Waals surface area contributed by atoms with Crippen LogP contribution in [0.4, 0.5) is 0 Å². The normalized spacial score (nSPS) is 24.5. The van der Waals surface area contributed by atoms with Gasteiger partial charge in [0.1, 0.15) is 12.5 Å². The summed E-state index contributed by atoms with van der Waals surface area (Å²) in [6, 6.07) is 0.466. The number of allylic oxidation sites excluding steroid dienone is 1. The number of halogens is 1. The number of nitrogens with zero attached hydrogens (tertiary/aromatic N) is 1.